The molecule has 0 aromatic carbocycles. The average Bonchev–Trinajstić information content (AvgIpc) is 2.36. The number of hydrogen-bond donors (Lipinski definition) is 0. The Bertz CT molecular complexity index is 508. The second-order valence-corrected chi connectivity index (χ2v) is 6.84. The van der Waals surface area contributed by atoms with Crippen LogP contribution in [0.4, 0.5) is 4.79 Å². The lowest BCUT2D eigenvalue weighted by Gasteiger charge is -2.33. The molecule has 1 aromatic rings. The molecule has 1 atom stereocenters. The van der Waals surface area contributed by atoms with Gasteiger partial charge in [-0.3, -0.25) is 0 Å². The molecule has 2 rings (SSSR count). The number of ether oxygens (including phenoxy) is 1. The van der Waals surface area contributed by atoms with E-state index in [4.69, 9.17) is 16.3 Å². The van der Waals surface area contributed by atoms with E-state index in [1.54, 1.807) is 11.0 Å². The summed E-state index contributed by atoms with van der Waals surface area (Å²) in [6.45, 7) is 8.80. The molecule has 0 saturated carbocycles. The SMILES string of the molecule is Cc1cc(Cl)nc(C2CCCN(C(=O)OC(C)(C)C)C2)n1. The zero-order chi connectivity index (χ0) is 15.6. The lowest BCUT2D eigenvalue weighted by atomic mass is 9.97. The first-order valence-electron chi connectivity index (χ1n) is 7.23. The van der Waals surface area contributed by atoms with Crippen molar-refractivity contribution in [1.82, 2.24) is 14.9 Å². The number of carbonyl (C=O) groups is 1. The van der Waals surface area contributed by atoms with Gasteiger partial charge in [0.05, 0.1) is 0 Å². The number of aromatic nitrogens is 2. The smallest absolute Gasteiger partial charge is 0.410 e. The molecule has 5 nitrogen and oxygen atoms in total. The van der Waals surface area contributed by atoms with E-state index >= 15 is 0 Å². The van der Waals surface area contributed by atoms with Crippen molar-refractivity contribution in [3.63, 3.8) is 0 Å². The highest BCUT2D eigenvalue weighted by atomic mass is 35.5. The van der Waals surface area contributed by atoms with Gasteiger partial charge in [0.15, 0.2) is 0 Å². The van der Waals surface area contributed by atoms with Gasteiger partial charge in [-0.25, -0.2) is 14.8 Å². The quantitative estimate of drug-likeness (QED) is 0.744. The van der Waals surface area contributed by atoms with Crippen molar-refractivity contribution in [2.24, 2.45) is 0 Å². The molecular weight excluding hydrogens is 290 g/mol. The lowest BCUT2D eigenvalue weighted by Crippen LogP contribution is -2.42. The number of likely N-dealkylation sites (tertiary alicyclic amines) is 1. The largest absolute Gasteiger partial charge is 0.444 e. The first-order chi connectivity index (χ1) is 9.74. The van der Waals surface area contributed by atoms with Gasteiger partial charge in [0, 0.05) is 24.7 Å². The molecule has 2 heterocycles. The highest BCUT2D eigenvalue weighted by Crippen LogP contribution is 2.26. The molecule has 1 saturated heterocycles. The third kappa shape index (κ3) is 4.56. The molecule has 21 heavy (non-hydrogen) atoms. The van der Waals surface area contributed by atoms with Crippen LogP contribution in [0.3, 0.4) is 0 Å². The maximum atomic E-state index is 12.2. The summed E-state index contributed by atoms with van der Waals surface area (Å²) >= 11 is 6.00. The van der Waals surface area contributed by atoms with E-state index in [9.17, 15) is 4.79 Å². The van der Waals surface area contributed by atoms with Gasteiger partial charge in [0.2, 0.25) is 0 Å². The van der Waals surface area contributed by atoms with E-state index in [-0.39, 0.29) is 12.0 Å². The Labute approximate surface area is 130 Å². The summed E-state index contributed by atoms with van der Waals surface area (Å²) in [5.74, 6) is 0.830. The Morgan fingerprint density at radius 1 is 1.43 bits per heavy atom. The van der Waals surface area contributed by atoms with Gasteiger partial charge in [-0.2, -0.15) is 0 Å². The monoisotopic (exact) mass is 311 g/mol. The summed E-state index contributed by atoms with van der Waals surface area (Å²) in [6.07, 6.45) is 1.60. The number of aryl methyl sites for hydroxylation is 1. The predicted octanol–water partition coefficient (Wildman–Crippen LogP) is 3.55. The van der Waals surface area contributed by atoms with Gasteiger partial charge < -0.3 is 9.64 Å². The van der Waals surface area contributed by atoms with Crippen LogP contribution in [0.2, 0.25) is 5.15 Å². The molecule has 1 unspecified atom stereocenters. The number of nitrogens with zero attached hydrogens (tertiary/aromatic N) is 3. The van der Waals surface area contributed by atoms with Crippen molar-refractivity contribution in [1.29, 1.82) is 0 Å². The minimum absolute atomic E-state index is 0.115. The van der Waals surface area contributed by atoms with Crippen LogP contribution in [0.25, 0.3) is 0 Å². The second-order valence-electron chi connectivity index (χ2n) is 6.46. The number of amides is 1. The fourth-order valence-corrected chi connectivity index (χ4v) is 2.66. The molecule has 1 amide bonds. The minimum Gasteiger partial charge on any atom is -0.444 e. The van der Waals surface area contributed by atoms with Crippen LogP contribution in [0.15, 0.2) is 6.07 Å². The van der Waals surface area contributed by atoms with Crippen LogP contribution in [0, 0.1) is 6.92 Å². The third-order valence-electron chi connectivity index (χ3n) is 3.28. The standard InChI is InChI=1S/C15H22ClN3O2/c1-10-8-12(16)18-13(17-10)11-6-5-7-19(9-11)14(20)21-15(2,3)4/h8,11H,5-7,9H2,1-4H3. The zero-order valence-electron chi connectivity index (χ0n) is 13.0. The van der Waals surface area contributed by atoms with E-state index in [1.807, 2.05) is 27.7 Å². The second kappa shape index (κ2) is 6.18. The van der Waals surface area contributed by atoms with Crippen molar-refractivity contribution < 1.29 is 9.53 Å². The van der Waals surface area contributed by atoms with Crippen LogP contribution in [0.1, 0.15) is 51.0 Å². The number of piperidine rings is 1. The first-order valence-corrected chi connectivity index (χ1v) is 7.61. The minimum atomic E-state index is -0.479. The van der Waals surface area contributed by atoms with Crippen molar-refractivity contribution in [3.05, 3.63) is 22.7 Å². The van der Waals surface area contributed by atoms with E-state index in [0.717, 1.165) is 18.5 Å². The Kier molecular flexibility index (Phi) is 4.71. The molecule has 0 spiro atoms. The summed E-state index contributed by atoms with van der Waals surface area (Å²) in [5, 5.41) is 0.451. The topological polar surface area (TPSA) is 55.3 Å². The van der Waals surface area contributed by atoms with Gasteiger partial charge in [0.1, 0.15) is 16.6 Å². The number of rotatable bonds is 1. The fourth-order valence-electron chi connectivity index (χ4n) is 2.41. The summed E-state index contributed by atoms with van der Waals surface area (Å²) < 4.78 is 5.43. The molecule has 1 fully saturated rings. The zero-order valence-corrected chi connectivity index (χ0v) is 13.8. The molecule has 0 aliphatic carbocycles. The highest BCUT2D eigenvalue weighted by molar-refractivity contribution is 6.29. The highest BCUT2D eigenvalue weighted by Gasteiger charge is 2.29. The van der Waals surface area contributed by atoms with Gasteiger partial charge in [-0.05, 0) is 46.6 Å². The summed E-state index contributed by atoms with van der Waals surface area (Å²) in [7, 11) is 0. The van der Waals surface area contributed by atoms with Crippen molar-refractivity contribution in [3.8, 4) is 0 Å². The fraction of sp³-hybridized carbons (Fsp3) is 0.667. The summed E-state index contributed by atoms with van der Waals surface area (Å²) in [6, 6.07) is 1.74. The van der Waals surface area contributed by atoms with Crippen LogP contribution in [-0.4, -0.2) is 39.7 Å². The number of carbonyl (C=O) groups excluding carboxylic acids is 1. The van der Waals surface area contributed by atoms with Crippen LogP contribution in [0.5, 0.6) is 0 Å². The van der Waals surface area contributed by atoms with Crippen molar-refractivity contribution >= 4 is 17.7 Å². The summed E-state index contributed by atoms with van der Waals surface area (Å²) in [4.78, 5) is 22.6. The summed E-state index contributed by atoms with van der Waals surface area (Å²) in [5.41, 5.74) is 0.368. The molecule has 1 aromatic heterocycles. The molecule has 0 bridgehead atoms. The van der Waals surface area contributed by atoms with E-state index in [1.165, 1.54) is 0 Å². The Morgan fingerprint density at radius 3 is 2.76 bits per heavy atom. The maximum Gasteiger partial charge on any atom is 0.410 e. The van der Waals surface area contributed by atoms with E-state index < -0.39 is 5.60 Å². The average molecular weight is 312 g/mol. The van der Waals surface area contributed by atoms with Crippen LogP contribution >= 0.6 is 11.6 Å². The molecular formula is C15H22ClN3O2. The third-order valence-corrected chi connectivity index (χ3v) is 3.47. The van der Waals surface area contributed by atoms with Crippen LogP contribution < -0.4 is 0 Å². The molecule has 1 aliphatic rings. The molecule has 0 N–H and O–H groups in total. The Balaban J connectivity index is 2.08. The van der Waals surface area contributed by atoms with Gasteiger partial charge in [0.25, 0.3) is 0 Å². The predicted molar refractivity (Wildman–Crippen MR) is 81.6 cm³/mol. The van der Waals surface area contributed by atoms with Gasteiger partial charge in [-0.15, -0.1) is 0 Å². The number of halogens is 1. The lowest BCUT2D eigenvalue weighted by molar-refractivity contribution is 0.0196. The van der Waals surface area contributed by atoms with Gasteiger partial charge >= 0.3 is 6.09 Å². The maximum absolute atomic E-state index is 12.2. The Morgan fingerprint density at radius 2 is 2.14 bits per heavy atom. The van der Waals surface area contributed by atoms with Crippen LogP contribution in [-0.2, 0) is 4.74 Å². The first kappa shape index (κ1) is 16.0. The molecule has 116 valence electrons. The molecule has 1 aliphatic heterocycles. The number of hydrogen-bond acceptors (Lipinski definition) is 4. The Hall–Kier alpha value is -1.36. The molecule has 0 radical (unpaired) electrons. The molecule has 6 heteroatoms. The van der Waals surface area contributed by atoms with E-state index in [0.29, 0.717) is 24.1 Å². The van der Waals surface area contributed by atoms with Crippen molar-refractivity contribution in [2.75, 3.05) is 13.1 Å². The van der Waals surface area contributed by atoms with E-state index in [2.05, 4.69) is 9.97 Å². The van der Waals surface area contributed by atoms with Crippen molar-refractivity contribution in [2.45, 2.75) is 52.1 Å². The van der Waals surface area contributed by atoms with Gasteiger partial charge in [-0.1, -0.05) is 11.6 Å². The normalized spacial score (nSPS) is 19.5.